The molecule has 0 bridgehead atoms. The smallest absolute Gasteiger partial charge is 0.150 e. The molecule has 1 aromatic carbocycles. The van der Waals surface area contributed by atoms with E-state index in [1.165, 1.54) is 0 Å². The van der Waals surface area contributed by atoms with Crippen LogP contribution in [-0.2, 0) is 0 Å². The SMILES string of the molecule is O=Cc1cccc(-c2ccnnc2)c1. The van der Waals surface area contributed by atoms with Crippen molar-refractivity contribution in [3.05, 3.63) is 48.3 Å². The summed E-state index contributed by atoms with van der Waals surface area (Å²) in [6.07, 6.45) is 4.13. The molecule has 3 nitrogen and oxygen atoms in total. The van der Waals surface area contributed by atoms with Crippen LogP contribution in [0.2, 0.25) is 0 Å². The van der Waals surface area contributed by atoms with Gasteiger partial charge in [0.25, 0.3) is 0 Å². The lowest BCUT2D eigenvalue weighted by atomic mass is 10.1. The molecule has 3 heteroatoms. The Bertz CT molecular complexity index is 440. The van der Waals surface area contributed by atoms with E-state index in [4.69, 9.17) is 0 Å². The van der Waals surface area contributed by atoms with Gasteiger partial charge in [0.2, 0.25) is 0 Å². The van der Waals surface area contributed by atoms with Gasteiger partial charge in [0.15, 0.2) is 0 Å². The molecule has 1 aromatic heterocycles. The maximum Gasteiger partial charge on any atom is 0.150 e. The first kappa shape index (κ1) is 8.56. The fourth-order valence-corrected chi connectivity index (χ4v) is 1.25. The van der Waals surface area contributed by atoms with Gasteiger partial charge in [-0.2, -0.15) is 10.2 Å². The zero-order valence-corrected chi connectivity index (χ0v) is 7.42. The number of hydrogen-bond acceptors (Lipinski definition) is 3. The largest absolute Gasteiger partial charge is 0.298 e. The number of carbonyl (C=O) groups is 1. The van der Waals surface area contributed by atoms with Crippen LogP contribution in [0.3, 0.4) is 0 Å². The first-order chi connectivity index (χ1) is 6.90. The van der Waals surface area contributed by atoms with Crippen molar-refractivity contribution < 1.29 is 4.79 Å². The molecule has 0 N–H and O–H groups in total. The molecule has 68 valence electrons. The highest BCUT2D eigenvalue weighted by Crippen LogP contribution is 2.17. The van der Waals surface area contributed by atoms with Gasteiger partial charge in [0, 0.05) is 11.1 Å². The van der Waals surface area contributed by atoms with E-state index < -0.39 is 0 Å². The molecule has 0 aliphatic carbocycles. The third-order valence-electron chi connectivity index (χ3n) is 1.94. The molecular formula is C11H8N2O. The van der Waals surface area contributed by atoms with Crippen molar-refractivity contribution in [2.24, 2.45) is 0 Å². The van der Waals surface area contributed by atoms with E-state index in [1.807, 2.05) is 24.3 Å². The number of rotatable bonds is 2. The Morgan fingerprint density at radius 3 is 2.71 bits per heavy atom. The number of hydrogen-bond donors (Lipinski definition) is 0. The molecule has 0 spiro atoms. The molecule has 0 saturated carbocycles. The Labute approximate surface area is 81.4 Å². The van der Waals surface area contributed by atoms with Crippen molar-refractivity contribution >= 4 is 6.29 Å². The van der Waals surface area contributed by atoms with Gasteiger partial charge in [-0.1, -0.05) is 18.2 Å². The summed E-state index contributed by atoms with van der Waals surface area (Å²) in [4.78, 5) is 10.6. The molecule has 0 aliphatic heterocycles. The minimum absolute atomic E-state index is 0.666. The Morgan fingerprint density at radius 1 is 1.07 bits per heavy atom. The second-order valence-electron chi connectivity index (χ2n) is 2.87. The lowest BCUT2D eigenvalue weighted by Gasteiger charge is -1.99. The fourth-order valence-electron chi connectivity index (χ4n) is 1.25. The molecule has 1 heterocycles. The van der Waals surface area contributed by atoms with Crippen molar-refractivity contribution in [2.45, 2.75) is 0 Å². The zero-order chi connectivity index (χ0) is 9.80. The van der Waals surface area contributed by atoms with Crippen molar-refractivity contribution in [3.63, 3.8) is 0 Å². The topological polar surface area (TPSA) is 42.9 Å². The van der Waals surface area contributed by atoms with E-state index in [2.05, 4.69) is 10.2 Å². The van der Waals surface area contributed by atoms with E-state index in [9.17, 15) is 4.79 Å². The molecule has 0 unspecified atom stereocenters. The van der Waals surface area contributed by atoms with Gasteiger partial charge in [-0.3, -0.25) is 4.79 Å². The first-order valence-corrected chi connectivity index (χ1v) is 4.22. The highest BCUT2D eigenvalue weighted by atomic mass is 16.1. The molecule has 2 aromatic rings. The minimum Gasteiger partial charge on any atom is -0.298 e. The summed E-state index contributed by atoms with van der Waals surface area (Å²) in [5.74, 6) is 0. The fraction of sp³-hybridized carbons (Fsp3) is 0. The summed E-state index contributed by atoms with van der Waals surface area (Å²) in [6, 6.07) is 9.23. The summed E-state index contributed by atoms with van der Waals surface area (Å²) < 4.78 is 0. The standard InChI is InChI=1S/C11H8N2O/c14-8-9-2-1-3-10(6-9)11-4-5-12-13-7-11/h1-8H. The van der Waals surface area contributed by atoms with Gasteiger partial charge >= 0.3 is 0 Å². The lowest BCUT2D eigenvalue weighted by molar-refractivity contribution is 0.112. The number of nitrogens with zero attached hydrogens (tertiary/aromatic N) is 2. The average molecular weight is 184 g/mol. The predicted octanol–water partition coefficient (Wildman–Crippen LogP) is 1.96. The quantitative estimate of drug-likeness (QED) is 0.670. The van der Waals surface area contributed by atoms with Crippen molar-refractivity contribution in [1.29, 1.82) is 0 Å². The predicted molar refractivity (Wildman–Crippen MR) is 52.9 cm³/mol. The van der Waals surface area contributed by atoms with E-state index in [0.29, 0.717) is 5.56 Å². The van der Waals surface area contributed by atoms with Crippen molar-refractivity contribution in [2.75, 3.05) is 0 Å². The van der Waals surface area contributed by atoms with Gasteiger partial charge in [-0.25, -0.2) is 0 Å². The van der Waals surface area contributed by atoms with E-state index in [1.54, 1.807) is 18.5 Å². The summed E-state index contributed by atoms with van der Waals surface area (Å²) in [7, 11) is 0. The molecule has 0 saturated heterocycles. The highest BCUT2D eigenvalue weighted by Gasteiger charge is 1.97. The third kappa shape index (κ3) is 1.66. The van der Waals surface area contributed by atoms with Crippen LogP contribution in [0.15, 0.2) is 42.7 Å². The second-order valence-corrected chi connectivity index (χ2v) is 2.87. The molecule has 0 amide bonds. The Hall–Kier alpha value is -2.03. The highest BCUT2D eigenvalue weighted by molar-refractivity contribution is 5.78. The monoisotopic (exact) mass is 184 g/mol. The van der Waals surface area contributed by atoms with Crippen LogP contribution >= 0.6 is 0 Å². The molecule has 0 fully saturated rings. The van der Waals surface area contributed by atoms with Crippen LogP contribution in [0, 0.1) is 0 Å². The lowest BCUT2D eigenvalue weighted by Crippen LogP contribution is -1.84. The summed E-state index contributed by atoms with van der Waals surface area (Å²) in [5.41, 5.74) is 2.60. The Balaban J connectivity index is 2.47. The first-order valence-electron chi connectivity index (χ1n) is 4.22. The van der Waals surface area contributed by atoms with Crippen LogP contribution in [0.5, 0.6) is 0 Å². The molecule has 2 rings (SSSR count). The number of benzene rings is 1. The van der Waals surface area contributed by atoms with Crippen molar-refractivity contribution in [3.8, 4) is 11.1 Å². The maximum absolute atomic E-state index is 10.6. The number of aromatic nitrogens is 2. The normalized spacial score (nSPS) is 9.71. The molecule has 0 aliphatic rings. The number of aldehydes is 1. The minimum atomic E-state index is 0.666. The van der Waals surface area contributed by atoms with Crippen molar-refractivity contribution in [1.82, 2.24) is 10.2 Å². The Morgan fingerprint density at radius 2 is 2.00 bits per heavy atom. The molecule has 0 atom stereocenters. The van der Waals surface area contributed by atoms with E-state index in [0.717, 1.165) is 17.4 Å². The summed E-state index contributed by atoms with van der Waals surface area (Å²) in [6.45, 7) is 0. The van der Waals surface area contributed by atoms with Crippen LogP contribution in [0.4, 0.5) is 0 Å². The maximum atomic E-state index is 10.6. The van der Waals surface area contributed by atoms with Gasteiger partial charge in [-0.15, -0.1) is 0 Å². The summed E-state index contributed by atoms with van der Waals surface area (Å²) in [5, 5.41) is 7.47. The van der Waals surface area contributed by atoms with E-state index in [-0.39, 0.29) is 0 Å². The number of carbonyl (C=O) groups excluding carboxylic acids is 1. The second kappa shape index (κ2) is 3.79. The van der Waals surface area contributed by atoms with Gasteiger partial charge in [0.1, 0.15) is 6.29 Å². The molecule has 14 heavy (non-hydrogen) atoms. The summed E-state index contributed by atoms with van der Waals surface area (Å²) >= 11 is 0. The van der Waals surface area contributed by atoms with Crippen LogP contribution in [0.1, 0.15) is 10.4 Å². The molecular weight excluding hydrogens is 176 g/mol. The average Bonchev–Trinajstić information content (AvgIpc) is 2.30. The third-order valence-corrected chi connectivity index (χ3v) is 1.94. The Kier molecular flexibility index (Phi) is 2.32. The van der Waals surface area contributed by atoms with Crippen LogP contribution < -0.4 is 0 Å². The van der Waals surface area contributed by atoms with Gasteiger partial charge < -0.3 is 0 Å². The van der Waals surface area contributed by atoms with E-state index >= 15 is 0 Å². The molecule has 0 radical (unpaired) electrons. The zero-order valence-electron chi connectivity index (χ0n) is 7.42. The van der Waals surface area contributed by atoms with Crippen LogP contribution in [0.25, 0.3) is 11.1 Å². The van der Waals surface area contributed by atoms with Crippen LogP contribution in [-0.4, -0.2) is 16.5 Å². The van der Waals surface area contributed by atoms with Gasteiger partial charge in [-0.05, 0) is 17.7 Å². The van der Waals surface area contributed by atoms with Gasteiger partial charge in [0.05, 0.1) is 12.4 Å².